The van der Waals surface area contributed by atoms with Gasteiger partial charge in [-0.05, 0) is 36.6 Å². The van der Waals surface area contributed by atoms with Crippen LogP contribution in [0.1, 0.15) is 12.7 Å². The van der Waals surface area contributed by atoms with E-state index in [0.717, 1.165) is 10.6 Å². The van der Waals surface area contributed by atoms with Gasteiger partial charge in [0.1, 0.15) is 18.8 Å². The SMILES string of the molecule is CCSc1nc(NCCNc2nc(NCCNc3nc(NCCS)nc(NCCNc4ncnc(NCCNc5nc(N)nc(NCCNc6nc(C)nc(N)n6)n5)n4)n3)nc(Sc3ccccc3)n2)nc(OCCOC)n1. The van der Waals surface area contributed by atoms with Gasteiger partial charge in [0.25, 0.3) is 0 Å². The lowest BCUT2D eigenvalue weighted by molar-refractivity contribution is 0.140. The van der Waals surface area contributed by atoms with Crippen molar-refractivity contribution in [1.29, 1.82) is 0 Å². The molecule has 33 nitrogen and oxygen atoms in total. The minimum absolute atomic E-state index is 0.0528. The second kappa shape index (κ2) is 31.5. The van der Waals surface area contributed by atoms with Gasteiger partial charge < -0.3 is 79.4 Å². The molecule has 36 heteroatoms. The van der Waals surface area contributed by atoms with Gasteiger partial charge in [0.2, 0.25) is 77.3 Å². The topological polar surface area (TPSA) is 435 Å². The van der Waals surface area contributed by atoms with Gasteiger partial charge in [0.15, 0.2) is 10.3 Å². The van der Waals surface area contributed by atoms with Gasteiger partial charge in [-0.2, -0.15) is 92.4 Å². The number of hydrogen-bond donors (Lipinski definition) is 14. The van der Waals surface area contributed by atoms with Crippen LogP contribution in [0.4, 0.5) is 77.3 Å². The second-order valence-corrected chi connectivity index (χ2v) is 18.2. The predicted octanol–water partition coefficient (Wildman–Crippen LogP) is 1.52. The van der Waals surface area contributed by atoms with E-state index in [2.05, 4.69) is 161 Å². The molecule has 0 aliphatic heterocycles. The molecular weight excluding hydrogens is 1070 g/mol. The van der Waals surface area contributed by atoms with Crippen molar-refractivity contribution in [3.05, 3.63) is 42.5 Å². The van der Waals surface area contributed by atoms with Crippen LogP contribution in [0.15, 0.2) is 51.9 Å². The van der Waals surface area contributed by atoms with Crippen molar-refractivity contribution >= 4 is 113 Å². The van der Waals surface area contributed by atoms with E-state index in [1.807, 2.05) is 37.3 Å². The zero-order valence-electron chi connectivity index (χ0n) is 42.9. The van der Waals surface area contributed by atoms with Gasteiger partial charge in [-0.25, -0.2) is 9.97 Å². The number of thioether (sulfide) groups is 1. The van der Waals surface area contributed by atoms with E-state index in [0.29, 0.717) is 173 Å². The summed E-state index contributed by atoms with van der Waals surface area (Å²) in [6.07, 6.45) is 1.41. The smallest absolute Gasteiger partial charge is 0.322 e. The van der Waals surface area contributed by atoms with E-state index < -0.39 is 0 Å². The van der Waals surface area contributed by atoms with Crippen molar-refractivity contribution in [2.24, 2.45) is 0 Å². The molecule has 1 aromatic carbocycles. The molecule has 0 aliphatic carbocycles. The predicted molar refractivity (Wildman–Crippen MR) is 304 cm³/mol. The summed E-state index contributed by atoms with van der Waals surface area (Å²) >= 11 is 7.24. The zero-order chi connectivity index (χ0) is 54.6. The lowest BCUT2D eigenvalue weighted by atomic mass is 10.4. The van der Waals surface area contributed by atoms with Crippen LogP contribution in [-0.2, 0) is 4.74 Å². The number of rotatable bonds is 36. The third-order valence-electron chi connectivity index (χ3n) is 9.43. The highest BCUT2D eigenvalue weighted by atomic mass is 32.2. The third kappa shape index (κ3) is 20.6. The Balaban J connectivity index is 0.851. The molecular formula is C42H61N31O2S3. The Bertz CT molecular complexity index is 2900. The zero-order valence-corrected chi connectivity index (χ0v) is 45.4. The Morgan fingerprint density at radius 3 is 1.31 bits per heavy atom. The van der Waals surface area contributed by atoms with Crippen LogP contribution < -0.4 is 74.7 Å². The molecule has 6 aromatic heterocycles. The molecule has 0 radical (unpaired) electrons. The Morgan fingerprint density at radius 1 is 0.449 bits per heavy atom. The number of anilines is 13. The van der Waals surface area contributed by atoms with E-state index in [1.165, 1.54) is 29.9 Å². The number of thiol groups is 1. The molecule has 0 unspecified atom stereocenters. The molecule has 0 saturated heterocycles. The molecule has 414 valence electrons. The largest absolute Gasteiger partial charge is 0.461 e. The quantitative estimate of drug-likeness (QED) is 0.0150. The van der Waals surface area contributed by atoms with Crippen LogP contribution in [0, 0.1) is 6.92 Å². The minimum Gasteiger partial charge on any atom is -0.461 e. The Hall–Kier alpha value is -8.51. The van der Waals surface area contributed by atoms with E-state index >= 15 is 0 Å². The van der Waals surface area contributed by atoms with Crippen molar-refractivity contribution in [1.82, 2.24) is 89.7 Å². The highest BCUT2D eigenvalue weighted by molar-refractivity contribution is 7.99. The number of nitrogen functional groups attached to an aromatic ring is 2. The van der Waals surface area contributed by atoms with Crippen LogP contribution in [0.2, 0.25) is 0 Å². The van der Waals surface area contributed by atoms with Gasteiger partial charge in [-0.1, -0.05) is 36.9 Å². The summed E-state index contributed by atoms with van der Waals surface area (Å²) in [4.78, 5) is 79.7. The van der Waals surface area contributed by atoms with E-state index in [9.17, 15) is 0 Å². The fourth-order valence-corrected chi connectivity index (χ4v) is 7.60. The molecule has 0 aliphatic rings. The number of nitrogens with one attached hydrogen (secondary N) is 11. The van der Waals surface area contributed by atoms with E-state index in [-0.39, 0.29) is 17.9 Å². The van der Waals surface area contributed by atoms with E-state index in [1.54, 1.807) is 14.0 Å². The molecule has 6 heterocycles. The Morgan fingerprint density at radius 2 is 0.846 bits per heavy atom. The first-order chi connectivity index (χ1) is 38.2. The molecule has 0 atom stereocenters. The van der Waals surface area contributed by atoms with Crippen molar-refractivity contribution in [2.75, 3.05) is 174 Å². The maximum Gasteiger partial charge on any atom is 0.322 e. The number of ether oxygens (including phenoxy) is 2. The number of aryl methyl sites for hydroxylation is 1. The number of hydrogen-bond acceptors (Lipinski definition) is 36. The number of aromatic nitrogens is 18. The summed E-state index contributed by atoms with van der Waals surface area (Å²) in [5.74, 6) is 6.01. The molecule has 0 spiro atoms. The summed E-state index contributed by atoms with van der Waals surface area (Å²) in [6.45, 7) is 9.34. The average Bonchev–Trinajstić information content (AvgIpc) is 3.42. The minimum atomic E-state index is 0.0528. The third-order valence-corrected chi connectivity index (χ3v) is 11.3. The van der Waals surface area contributed by atoms with Gasteiger partial charge in [-0.3, -0.25) is 0 Å². The molecule has 7 rings (SSSR count). The van der Waals surface area contributed by atoms with Gasteiger partial charge >= 0.3 is 6.01 Å². The lowest BCUT2D eigenvalue weighted by Gasteiger charge is -2.13. The Labute approximate surface area is 462 Å². The molecule has 15 N–H and O–H groups in total. The summed E-state index contributed by atoms with van der Waals surface area (Å²) in [5.41, 5.74) is 11.6. The van der Waals surface area contributed by atoms with Gasteiger partial charge in [0.05, 0.1) is 6.61 Å². The van der Waals surface area contributed by atoms with Crippen LogP contribution in [0.3, 0.4) is 0 Å². The Kier molecular flexibility index (Phi) is 23.1. The monoisotopic (exact) mass is 1130 g/mol. The average molecular weight is 1130 g/mol. The molecule has 78 heavy (non-hydrogen) atoms. The maximum atomic E-state index is 5.93. The molecule has 0 amide bonds. The maximum absolute atomic E-state index is 5.93. The first kappa shape index (κ1) is 57.2. The first-order valence-electron chi connectivity index (χ1n) is 24.4. The van der Waals surface area contributed by atoms with E-state index in [4.69, 9.17) is 20.9 Å². The molecule has 7 aromatic rings. The van der Waals surface area contributed by atoms with Crippen LogP contribution in [0.25, 0.3) is 0 Å². The number of nitrogens with zero attached hydrogens (tertiary/aromatic N) is 18. The van der Waals surface area contributed by atoms with Gasteiger partial charge in [0, 0.05) is 89.8 Å². The molecule has 0 fully saturated rings. The van der Waals surface area contributed by atoms with Crippen molar-refractivity contribution in [3.63, 3.8) is 0 Å². The van der Waals surface area contributed by atoms with Crippen molar-refractivity contribution in [2.45, 2.75) is 29.1 Å². The van der Waals surface area contributed by atoms with Crippen LogP contribution >= 0.6 is 36.2 Å². The fourth-order valence-electron chi connectivity index (χ4n) is 6.17. The fraction of sp³-hybridized carbons (Fsp3) is 0.429. The normalized spacial score (nSPS) is 10.8. The van der Waals surface area contributed by atoms with Gasteiger partial charge in [-0.15, -0.1) is 0 Å². The summed E-state index contributed by atoms with van der Waals surface area (Å²) < 4.78 is 10.7. The van der Waals surface area contributed by atoms with Crippen LogP contribution in [0.5, 0.6) is 6.01 Å². The highest BCUT2D eigenvalue weighted by Crippen LogP contribution is 2.26. The summed E-state index contributed by atoms with van der Waals surface area (Å²) in [7, 11) is 1.60. The standard InChI is InChI=1S/C42H61N31O2S3/c1-4-77-41-70-39(69-40(73-41)75-22-21-74-3)54-19-18-53-38-68-37(71-42(72-38)78-26-8-6-5-7-9-26)52-17-16-51-35-65-34(66-36(67-35)55-20-23-76)50-13-11-46-30-57-24-56-29(63-30)45-10-12-48-32-61-28(44)62-33(64-32)49-15-14-47-31-59-25(2)58-27(43)60-31/h5-9,24,76H,4,10-23H2,1-3H3,(H,54,69,70,73)(H3,43,47,58,59,60)(H2,45,46,56,57,63)(H2,52,53,68,71,72)(H4,44,48,49,61,62,64)(H3,50,51,55,65,66,67). The first-order valence-corrected chi connectivity index (χ1v) is 26.8. The number of benzene rings is 1. The lowest BCUT2D eigenvalue weighted by Crippen LogP contribution is -2.21. The van der Waals surface area contributed by atoms with Crippen LogP contribution in [-0.4, -0.2) is 194 Å². The summed E-state index contributed by atoms with van der Waals surface area (Å²) in [5, 5.41) is 36.2. The summed E-state index contributed by atoms with van der Waals surface area (Å²) in [6, 6.07) is 10.1. The highest BCUT2D eigenvalue weighted by Gasteiger charge is 2.13. The number of nitrogens with two attached hydrogens (primary N) is 2. The molecule has 0 saturated carbocycles. The number of methoxy groups -OCH3 is 1. The van der Waals surface area contributed by atoms with Crippen molar-refractivity contribution in [3.8, 4) is 6.01 Å². The second-order valence-electron chi connectivity index (χ2n) is 15.4. The molecule has 0 bridgehead atoms. The van der Waals surface area contributed by atoms with Crippen molar-refractivity contribution < 1.29 is 9.47 Å².